The number of rotatable bonds is 5. The molecule has 6 nitrogen and oxygen atoms in total. The fourth-order valence-electron chi connectivity index (χ4n) is 3.09. The summed E-state index contributed by atoms with van der Waals surface area (Å²) in [5, 5.41) is 2.86. The van der Waals surface area contributed by atoms with E-state index in [2.05, 4.69) is 10.3 Å². The summed E-state index contributed by atoms with van der Waals surface area (Å²) in [6.45, 7) is 3.34. The van der Waals surface area contributed by atoms with Crippen LogP contribution in [-0.4, -0.2) is 41.0 Å². The van der Waals surface area contributed by atoms with Crippen molar-refractivity contribution in [1.29, 1.82) is 0 Å². The van der Waals surface area contributed by atoms with Gasteiger partial charge in [-0.1, -0.05) is 24.3 Å². The summed E-state index contributed by atoms with van der Waals surface area (Å²) >= 11 is 0. The van der Waals surface area contributed by atoms with E-state index in [1.807, 2.05) is 55.5 Å². The van der Waals surface area contributed by atoms with Crippen molar-refractivity contribution in [3.05, 3.63) is 60.4 Å². The second-order valence-corrected chi connectivity index (χ2v) is 5.90. The predicted molar refractivity (Wildman–Crippen MR) is 96.1 cm³/mol. The van der Waals surface area contributed by atoms with E-state index >= 15 is 0 Å². The number of hydrogen-bond acceptors (Lipinski definition) is 3. The number of anilines is 1. The Kier molecular flexibility index (Phi) is 5.28. The predicted octanol–water partition coefficient (Wildman–Crippen LogP) is 2.42. The first-order valence-electron chi connectivity index (χ1n) is 8.51. The highest BCUT2D eigenvalue weighted by Crippen LogP contribution is 2.24. The number of carbonyl (C=O) groups is 2. The zero-order chi connectivity index (χ0) is 17.6. The van der Waals surface area contributed by atoms with Crippen molar-refractivity contribution >= 4 is 17.6 Å². The fraction of sp³-hybridized carbons (Fsp3) is 0.316. The number of benzene rings is 1. The van der Waals surface area contributed by atoms with Gasteiger partial charge in [-0.05, 0) is 37.6 Å². The Labute approximate surface area is 147 Å². The molecule has 2 heterocycles. The Bertz CT molecular complexity index is 721. The van der Waals surface area contributed by atoms with E-state index in [1.165, 1.54) is 0 Å². The molecule has 1 aromatic carbocycles. The van der Waals surface area contributed by atoms with E-state index in [0.29, 0.717) is 26.1 Å². The van der Waals surface area contributed by atoms with Crippen LogP contribution in [0, 0.1) is 0 Å². The third-order valence-corrected chi connectivity index (χ3v) is 4.37. The highest BCUT2D eigenvalue weighted by molar-refractivity contribution is 6.01. The van der Waals surface area contributed by atoms with Gasteiger partial charge in [-0.25, -0.2) is 4.79 Å². The highest BCUT2D eigenvalue weighted by atomic mass is 16.2. The SMILES string of the molecule is CCN(C(=O)NCc1ccccn1)[C@@H]1CCN(c2ccccc2)C1=O. The van der Waals surface area contributed by atoms with Gasteiger partial charge in [-0.3, -0.25) is 9.78 Å². The van der Waals surface area contributed by atoms with Gasteiger partial charge in [-0.15, -0.1) is 0 Å². The van der Waals surface area contributed by atoms with Crippen molar-refractivity contribution in [2.24, 2.45) is 0 Å². The molecule has 0 radical (unpaired) electrons. The zero-order valence-corrected chi connectivity index (χ0v) is 14.3. The minimum Gasteiger partial charge on any atom is -0.332 e. The molecule has 1 atom stereocenters. The summed E-state index contributed by atoms with van der Waals surface area (Å²) in [6.07, 6.45) is 2.33. The van der Waals surface area contributed by atoms with Crippen LogP contribution in [0.3, 0.4) is 0 Å². The van der Waals surface area contributed by atoms with Crippen LogP contribution in [0.15, 0.2) is 54.7 Å². The molecule has 1 N–H and O–H groups in total. The Balaban J connectivity index is 1.64. The monoisotopic (exact) mass is 338 g/mol. The first kappa shape index (κ1) is 17.0. The van der Waals surface area contributed by atoms with Gasteiger partial charge in [0.15, 0.2) is 0 Å². The first-order chi connectivity index (χ1) is 12.2. The summed E-state index contributed by atoms with van der Waals surface area (Å²) in [5.41, 5.74) is 1.66. The van der Waals surface area contributed by atoms with E-state index in [1.54, 1.807) is 16.0 Å². The normalized spacial score (nSPS) is 16.8. The molecule has 0 bridgehead atoms. The molecule has 1 fully saturated rings. The summed E-state index contributed by atoms with van der Waals surface area (Å²) in [4.78, 5) is 32.9. The summed E-state index contributed by atoms with van der Waals surface area (Å²) in [5.74, 6) is -0.0268. The molecule has 0 aliphatic carbocycles. The van der Waals surface area contributed by atoms with Gasteiger partial charge in [0.2, 0.25) is 5.91 Å². The third kappa shape index (κ3) is 3.79. The molecule has 0 spiro atoms. The highest BCUT2D eigenvalue weighted by Gasteiger charge is 2.38. The number of urea groups is 1. The number of nitrogens with one attached hydrogen (secondary N) is 1. The fourth-order valence-corrected chi connectivity index (χ4v) is 3.09. The van der Waals surface area contributed by atoms with Crippen LogP contribution in [0.25, 0.3) is 0 Å². The number of pyridine rings is 1. The Hall–Kier alpha value is -2.89. The smallest absolute Gasteiger partial charge is 0.318 e. The van der Waals surface area contributed by atoms with Crippen LogP contribution in [0.5, 0.6) is 0 Å². The van der Waals surface area contributed by atoms with E-state index in [-0.39, 0.29) is 11.9 Å². The molecule has 1 aromatic heterocycles. The van der Waals surface area contributed by atoms with Crippen molar-refractivity contribution in [2.45, 2.75) is 25.9 Å². The van der Waals surface area contributed by atoms with Crippen LogP contribution in [-0.2, 0) is 11.3 Å². The van der Waals surface area contributed by atoms with Crippen LogP contribution < -0.4 is 10.2 Å². The van der Waals surface area contributed by atoms with E-state index in [0.717, 1.165) is 11.4 Å². The molecule has 0 saturated carbocycles. The van der Waals surface area contributed by atoms with Crippen molar-refractivity contribution in [2.75, 3.05) is 18.0 Å². The quantitative estimate of drug-likeness (QED) is 0.910. The summed E-state index contributed by atoms with van der Waals surface area (Å²) < 4.78 is 0. The van der Waals surface area contributed by atoms with Crippen molar-refractivity contribution in [1.82, 2.24) is 15.2 Å². The second kappa shape index (κ2) is 7.79. The summed E-state index contributed by atoms with van der Waals surface area (Å²) in [6, 6.07) is 14.5. The summed E-state index contributed by atoms with van der Waals surface area (Å²) in [7, 11) is 0. The molecule has 6 heteroatoms. The molecular weight excluding hydrogens is 316 g/mol. The number of nitrogens with zero attached hydrogens (tertiary/aromatic N) is 3. The maximum Gasteiger partial charge on any atom is 0.318 e. The van der Waals surface area contributed by atoms with E-state index in [9.17, 15) is 9.59 Å². The van der Waals surface area contributed by atoms with Gasteiger partial charge in [-0.2, -0.15) is 0 Å². The molecule has 3 rings (SSSR count). The second-order valence-electron chi connectivity index (χ2n) is 5.90. The topological polar surface area (TPSA) is 65.5 Å². The lowest BCUT2D eigenvalue weighted by Crippen LogP contribution is -2.49. The van der Waals surface area contributed by atoms with Gasteiger partial charge in [0.05, 0.1) is 12.2 Å². The lowest BCUT2D eigenvalue weighted by Gasteiger charge is -2.27. The maximum atomic E-state index is 12.8. The van der Waals surface area contributed by atoms with E-state index in [4.69, 9.17) is 0 Å². The Morgan fingerprint density at radius 2 is 2.00 bits per heavy atom. The standard InChI is InChI=1S/C19H22N4O2/c1-2-22(19(25)21-14-15-8-6-7-12-20-15)17-11-13-23(18(17)24)16-9-4-3-5-10-16/h3-10,12,17H,2,11,13-14H2,1H3,(H,21,25)/t17-/m1/s1. The molecule has 1 saturated heterocycles. The molecule has 2 aromatic rings. The molecule has 1 aliphatic heterocycles. The number of carbonyl (C=O) groups excluding carboxylic acids is 2. The van der Waals surface area contributed by atoms with Crippen LogP contribution in [0.4, 0.5) is 10.5 Å². The van der Waals surface area contributed by atoms with Crippen LogP contribution >= 0.6 is 0 Å². The third-order valence-electron chi connectivity index (χ3n) is 4.37. The average molecular weight is 338 g/mol. The van der Waals surface area contributed by atoms with Gasteiger partial charge in [0.1, 0.15) is 6.04 Å². The minimum absolute atomic E-state index is 0.0268. The van der Waals surface area contributed by atoms with Gasteiger partial charge < -0.3 is 15.1 Å². The van der Waals surface area contributed by atoms with Gasteiger partial charge in [0, 0.05) is 25.0 Å². The average Bonchev–Trinajstić information content (AvgIpc) is 3.04. The molecule has 3 amide bonds. The van der Waals surface area contributed by atoms with Gasteiger partial charge >= 0.3 is 6.03 Å². The lowest BCUT2D eigenvalue weighted by molar-refractivity contribution is -0.120. The van der Waals surface area contributed by atoms with Crippen LogP contribution in [0.2, 0.25) is 0 Å². The number of para-hydroxylation sites is 1. The molecular formula is C19H22N4O2. The van der Waals surface area contributed by atoms with Gasteiger partial charge in [0.25, 0.3) is 0 Å². The lowest BCUT2D eigenvalue weighted by atomic mass is 10.2. The Morgan fingerprint density at radius 3 is 2.68 bits per heavy atom. The number of aromatic nitrogens is 1. The molecule has 25 heavy (non-hydrogen) atoms. The zero-order valence-electron chi connectivity index (χ0n) is 14.3. The molecule has 130 valence electrons. The van der Waals surface area contributed by atoms with Crippen LogP contribution in [0.1, 0.15) is 19.0 Å². The molecule has 0 unspecified atom stereocenters. The van der Waals surface area contributed by atoms with Crippen molar-refractivity contribution < 1.29 is 9.59 Å². The minimum atomic E-state index is -0.422. The number of hydrogen-bond donors (Lipinski definition) is 1. The number of amides is 3. The largest absolute Gasteiger partial charge is 0.332 e. The maximum absolute atomic E-state index is 12.8. The first-order valence-corrected chi connectivity index (χ1v) is 8.51. The van der Waals surface area contributed by atoms with Crippen molar-refractivity contribution in [3.63, 3.8) is 0 Å². The number of likely N-dealkylation sites (N-methyl/N-ethyl adjacent to an activating group) is 1. The Morgan fingerprint density at radius 1 is 1.24 bits per heavy atom. The van der Waals surface area contributed by atoms with Crippen molar-refractivity contribution in [3.8, 4) is 0 Å². The molecule has 1 aliphatic rings. The van der Waals surface area contributed by atoms with E-state index < -0.39 is 6.04 Å².